The van der Waals surface area contributed by atoms with Gasteiger partial charge in [-0.3, -0.25) is 9.69 Å². The van der Waals surface area contributed by atoms with E-state index in [9.17, 15) is 22.4 Å². The molecule has 1 atom stereocenters. The van der Waals surface area contributed by atoms with E-state index in [2.05, 4.69) is 9.24 Å². The molecule has 1 aromatic heterocycles. The summed E-state index contributed by atoms with van der Waals surface area (Å²) in [7, 11) is 3.67. The predicted molar refractivity (Wildman–Crippen MR) is 143 cm³/mol. The number of fused-ring (bicyclic) bond motifs is 3. The Morgan fingerprint density at radius 1 is 1.03 bits per heavy atom. The highest BCUT2D eigenvalue weighted by atomic mass is 31.0. The molecule has 9 heteroatoms. The topological polar surface area (TPSA) is 46.1 Å². The summed E-state index contributed by atoms with van der Waals surface area (Å²) in [6, 6.07) is 4.69. The summed E-state index contributed by atoms with van der Waals surface area (Å²) >= 11 is 0. The Morgan fingerprint density at radius 3 is 2.50 bits per heavy atom. The van der Waals surface area contributed by atoms with Crippen LogP contribution in [0.25, 0.3) is 11.3 Å². The van der Waals surface area contributed by atoms with Gasteiger partial charge in [0.25, 0.3) is 0 Å². The monoisotopic (exact) mass is 543 g/mol. The van der Waals surface area contributed by atoms with E-state index in [0.717, 1.165) is 42.5 Å². The van der Waals surface area contributed by atoms with Crippen molar-refractivity contribution < 1.29 is 22.4 Å². The molecule has 3 aromatic rings. The van der Waals surface area contributed by atoms with Crippen molar-refractivity contribution in [1.29, 1.82) is 0 Å². The van der Waals surface area contributed by atoms with Gasteiger partial charge in [0, 0.05) is 17.9 Å². The highest BCUT2D eigenvalue weighted by Crippen LogP contribution is 2.36. The largest absolute Gasteiger partial charge is 0.298 e. The van der Waals surface area contributed by atoms with E-state index < -0.39 is 23.4 Å². The molecule has 0 N–H and O–H groups in total. The number of hydrogen-bond donors (Lipinski definition) is 0. The minimum Gasteiger partial charge on any atom is -0.298 e. The summed E-state index contributed by atoms with van der Waals surface area (Å²) in [5.74, 6) is -4.04. The van der Waals surface area contributed by atoms with Gasteiger partial charge in [0.1, 0.15) is 5.82 Å². The molecule has 2 aliphatic rings. The van der Waals surface area contributed by atoms with Crippen LogP contribution in [0.5, 0.6) is 0 Å². The molecule has 1 unspecified atom stereocenters. The third-order valence-electron chi connectivity index (χ3n) is 7.93. The number of nitrogens with zero attached hydrogens (tertiary/aromatic N) is 3. The number of likely N-dealkylation sites (N-methyl/N-ethyl adjacent to an activating group) is 1. The first-order chi connectivity index (χ1) is 18.2. The maximum atomic E-state index is 14.3. The van der Waals surface area contributed by atoms with Crippen molar-refractivity contribution in [1.82, 2.24) is 9.97 Å². The molecule has 0 bridgehead atoms. The smallest absolute Gasteiger partial charge is 0.232 e. The standard InChI is InChI=1S/C29H30F4N3OP/c1-15-20(28(38)26(33)25(32)24(15)31)14-23(37)36(2)29-22(12-16-6-4-3-5-7-16)34-27-19-10-9-18(30)13-17(19)8-11-21(27)35-29/h9-10,13,16H,3-8,11-12,14,38H2,1-2H3. The molecular weight excluding hydrogens is 513 g/mol. The first-order valence-corrected chi connectivity index (χ1v) is 13.6. The van der Waals surface area contributed by atoms with Crippen LogP contribution in [0.15, 0.2) is 18.2 Å². The van der Waals surface area contributed by atoms with Gasteiger partial charge in [-0.25, -0.2) is 27.5 Å². The van der Waals surface area contributed by atoms with Crippen molar-refractivity contribution in [3.8, 4) is 11.3 Å². The predicted octanol–water partition coefficient (Wildman–Crippen LogP) is 5.94. The van der Waals surface area contributed by atoms with Gasteiger partial charge in [0.2, 0.25) is 5.91 Å². The second kappa shape index (κ2) is 10.7. The van der Waals surface area contributed by atoms with Crippen LogP contribution in [0.2, 0.25) is 0 Å². The van der Waals surface area contributed by atoms with Crippen LogP contribution in [0.3, 0.4) is 0 Å². The van der Waals surface area contributed by atoms with Crippen LogP contribution in [0.4, 0.5) is 23.4 Å². The van der Waals surface area contributed by atoms with Gasteiger partial charge in [-0.15, -0.1) is 9.24 Å². The van der Waals surface area contributed by atoms with Gasteiger partial charge in [0.05, 0.1) is 23.5 Å². The minimum atomic E-state index is -1.55. The van der Waals surface area contributed by atoms with Gasteiger partial charge in [-0.2, -0.15) is 0 Å². The Bertz CT molecular complexity index is 1390. The van der Waals surface area contributed by atoms with E-state index in [1.807, 2.05) is 0 Å². The Labute approximate surface area is 222 Å². The van der Waals surface area contributed by atoms with Crippen LogP contribution in [0, 0.1) is 36.1 Å². The summed E-state index contributed by atoms with van der Waals surface area (Å²) in [6.07, 6.45) is 7.13. The van der Waals surface area contributed by atoms with Crippen LogP contribution in [-0.4, -0.2) is 22.9 Å². The normalized spacial score (nSPS) is 15.2. The molecule has 200 valence electrons. The summed E-state index contributed by atoms with van der Waals surface area (Å²) < 4.78 is 56.3. The third kappa shape index (κ3) is 4.95. The molecule has 1 amide bonds. The minimum absolute atomic E-state index is 0.0963. The van der Waals surface area contributed by atoms with Crippen molar-refractivity contribution in [3.63, 3.8) is 0 Å². The fourth-order valence-electron chi connectivity index (χ4n) is 5.67. The zero-order valence-electron chi connectivity index (χ0n) is 21.5. The molecule has 38 heavy (non-hydrogen) atoms. The summed E-state index contributed by atoms with van der Waals surface area (Å²) in [4.78, 5) is 24.7. The second-order valence-electron chi connectivity index (χ2n) is 10.4. The fourth-order valence-corrected chi connectivity index (χ4v) is 6.12. The Morgan fingerprint density at radius 2 is 1.76 bits per heavy atom. The van der Waals surface area contributed by atoms with E-state index in [-0.39, 0.29) is 28.7 Å². The first kappa shape index (κ1) is 26.7. The zero-order chi connectivity index (χ0) is 27.1. The lowest BCUT2D eigenvalue weighted by molar-refractivity contribution is -0.117. The molecule has 2 aromatic carbocycles. The third-order valence-corrected chi connectivity index (χ3v) is 8.53. The van der Waals surface area contributed by atoms with Gasteiger partial charge in [0.15, 0.2) is 23.3 Å². The molecule has 1 saturated carbocycles. The summed E-state index contributed by atoms with van der Waals surface area (Å²) in [5.41, 5.74) is 3.86. The number of benzene rings is 2. The van der Waals surface area contributed by atoms with Crippen LogP contribution < -0.4 is 10.2 Å². The molecule has 0 saturated heterocycles. The lowest BCUT2D eigenvalue weighted by atomic mass is 9.85. The van der Waals surface area contributed by atoms with Crippen molar-refractivity contribution in [3.05, 3.63) is 69.5 Å². The molecule has 0 radical (unpaired) electrons. The number of hydrogen-bond acceptors (Lipinski definition) is 3. The van der Waals surface area contributed by atoms with E-state index in [0.29, 0.717) is 42.4 Å². The van der Waals surface area contributed by atoms with Crippen molar-refractivity contribution in [2.45, 2.75) is 64.7 Å². The van der Waals surface area contributed by atoms with Crippen LogP contribution in [0.1, 0.15) is 60.2 Å². The quantitative estimate of drug-likeness (QED) is 0.228. The molecule has 4 nitrogen and oxygen atoms in total. The van der Waals surface area contributed by atoms with Crippen LogP contribution in [-0.2, 0) is 30.5 Å². The fraction of sp³-hybridized carbons (Fsp3) is 0.414. The van der Waals surface area contributed by atoms with Crippen molar-refractivity contribution in [2.75, 3.05) is 11.9 Å². The number of aromatic nitrogens is 2. The van der Waals surface area contributed by atoms with Gasteiger partial charge < -0.3 is 0 Å². The average Bonchev–Trinajstić information content (AvgIpc) is 2.92. The molecule has 1 heterocycles. The number of amides is 1. The molecule has 2 aliphatic carbocycles. The van der Waals surface area contributed by atoms with E-state index in [1.54, 1.807) is 13.1 Å². The number of halogens is 4. The van der Waals surface area contributed by atoms with E-state index in [4.69, 9.17) is 9.97 Å². The van der Waals surface area contributed by atoms with Gasteiger partial charge in [-0.1, -0.05) is 32.1 Å². The molecule has 1 fully saturated rings. The number of aryl methyl sites for hydroxylation is 2. The zero-order valence-corrected chi connectivity index (χ0v) is 22.7. The van der Waals surface area contributed by atoms with E-state index in [1.165, 1.54) is 30.4 Å². The first-order valence-electron chi connectivity index (χ1n) is 13.0. The van der Waals surface area contributed by atoms with E-state index >= 15 is 0 Å². The number of anilines is 1. The number of carbonyl (C=O) groups is 1. The van der Waals surface area contributed by atoms with Gasteiger partial charge >= 0.3 is 0 Å². The van der Waals surface area contributed by atoms with Crippen LogP contribution >= 0.6 is 9.24 Å². The summed E-state index contributed by atoms with van der Waals surface area (Å²) in [5, 5.41) is -0.161. The molecule has 0 aliphatic heterocycles. The number of rotatable bonds is 5. The Kier molecular flexibility index (Phi) is 7.54. The highest BCUT2D eigenvalue weighted by molar-refractivity contribution is 7.27. The molecular formula is C29H30F4N3OP. The Hall–Kier alpha value is -2.86. The lowest BCUT2D eigenvalue weighted by Crippen LogP contribution is -2.33. The number of carbonyl (C=O) groups excluding carboxylic acids is 1. The average molecular weight is 544 g/mol. The summed E-state index contributed by atoms with van der Waals surface area (Å²) in [6.45, 7) is 1.33. The van der Waals surface area contributed by atoms with Crippen molar-refractivity contribution in [2.24, 2.45) is 5.92 Å². The molecule has 5 rings (SSSR count). The highest BCUT2D eigenvalue weighted by Gasteiger charge is 2.28. The Balaban J connectivity index is 1.53. The maximum absolute atomic E-state index is 14.3. The van der Waals surface area contributed by atoms with Gasteiger partial charge in [-0.05, 0) is 67.0 Å². The molecule has 0 spiro atoms. The maximum Gasteiger partial charge on any atom is 0.232 e. The SMILES string of the molecule is Cc1c(F)c(F)c(F)c(P)c1CC(=O)N(C)c1nc2c(nc1CC1CCCCC1)-c1ccc(F)cc1CC2. The lowest BCUT2D eigenvalue weighted by Gasteiger charge is -2.27. The van der Waals surface area contributed by atoms with Crippen molar-refractivity contribution >= 4 is 26.3 Å². The second-order valence-corrected chi connectivity index (χ2v) is 11.0.